The molecule has 2 nitrogen and oxygen atoms in total. The summed E-state index contributed by atoms with van der Waals surface area (Å²) in [5, 5.41) is 3.49. The molecular weight excluding hydrogens is 277 g/mol. The zero-order chi connectivity index (χ0) is 15.7. The van der Waals surface area contributed by atoms with E-state index in [1.807, 2.05) is 0 Å². The maximum atomic E-state index is 13.1. The number of halogens is 3. The fourth-order valence-corrected chi connectivity index (χ4v) is 2.79. The third-order valence-corrected chi connectivity index (χ3v) is 4.48. The molecule has 1 aliphatic heterocycles. The van der Waals surface area contributed by atoms with Gasteiger partial charge in [0.15, 0.2) is 0 Å². The van der Waals surface area contributed by atoms with Crippen LogP contribution in [-0.2, 0) is 12.7 Å². The number of nitrogens with one attached hydrogen (secondary N) is 1. The van der Waals surface area contributed by atoms with Gasteiger partial charge >= 0.3 is 6.18 Å². The molecule has 0 bridgehead atoms. The molecule has 1 N–H and O–H groups in total. The standard InChI is InChI=1S/C16H23F3N2/c1-4-15(3)11-21(12(2)9-20-15)10-13-7-5-6-8-14(13)16(17,18)19/h5-8,12,20H,4,9-11H2,1-3H3. The highest BCUT2D eigenvalue weighted by Gasteiger charge is 2.36. The molecule has 2 rings (SSSR count). The Kier molecular flexibility index (Phi) is 4.63. The third-order valence-electron chi connectivity index (χ3n) is 4.48. The molecule has 2 unspecified atom stereocenters. The average molecular weight is 300 g/mol. The van der Waals surface area contributed by atoms with E-state index in [0.29, 0.717) is 12.1 Å². The zero-order valence-electron chi connectivity index (χ0n) is 12.8. The van der Waals surface area contributed by atoms with Crippen LogP contribution in [0.1, 0.15) is 38.3 Å². The van der Waals surface area contributed by atoms with Crippen LogP contribution in [0.15, 0.2) is 24.3 Å². The Morgan fingerprint density at radius 3 is 2.62 bits per heavy atom. The van der Waals surface area contributed by atoms with Crippen molar-refractivity contribution in [3.63, 3.8) is 0 Å². The molecule has 5 heteroatoms. The number of hydrogen-bond acceptors (Lipinski definition) is 2. The normalized spacial score (nSPS) is 27.8. The molecule has 1 aromatic rings. The molecular formula is C16H23F3N2. The maximum Gasteiger partial charge on any atom is 0.416 e. The Hall–Kier alpha value is -1.07. The monoisotopic (exact) mass is 300 g/mol. The first-order valence-electron chi connectivity index (χ1n) is 7.39. The van der Waals surface area contributed by atoms with Gasteiger partial charge in [-0.25, -0.2) is 0 Å². The lowest BCUT2D eigenvalue weighted by Gasteiger charge is -2.45. The van der Waals surface area contributed by atoms with Crippen molar-refractivity contribution in [2.75, 3.05) is 13.1 Å². The fraction of sp³-hybridized carbons (Fsp3) is 0.625. The summed E-state index contributed by atoms with van der Waals surface area (Å²) in [6.45, 7) is 8.19. The van der Waals surface area contributed by atoms with Gasteiger partial charge < -0.3 is 5.32 Å². The SMILES string of the molecule is CCC1(C)CN(Cc2ccccc2C(F)(F)F)C(C)CN1. The predicted octanol–water partition coefficient (Wildman–Crippen LogP) is 3.67. The molecule has 1 aromatic carbocycles. The van der Waals surface area contributed by atoms with Gasteiger partial charge in [-0.1, -0.05) is 25.1 Å². The largest absolute Gasteiger partial charge is 0.416 e. The first kappa shape index (κ1) is 16.3. The summed E-state index contributed by atoms with van der Waals surface area (Å²) >= 11 is 0. The second kappa shape index (κ2) is 5.97. The number of benzene rings is 1. The Bertz CT molecular complexity index is 487. The highest BCUT2D eigenvalue weighted by atomic mass is 19.4. The summed E-state index contributed by atoms with van der Waals surface area (Å²) in [7, 11) is 0. The molecule has 1 saturated heterocycles. The molecule has 1 aliphatic rings. The van der Waals surface area contributed by atoms with Crippen molar-refractivity contribution in [3.05, 3.63) is 35.4 Å². The lowest BCUT2D eigenvalue weighted by Crippen LogP contribution is -2.61. The van der Waals surface area contributed by atoms with Crippen LogP contribution in [-0.4, -0.2) is 29.6 Å². The van der Waals surface area contributed by atoms with E-state index in [0.717, 1.165) is 19.5 Å². The van der Waals surface area contributed by atoms with Crippen LogP contribution in [0.25, 0.3) is 0 Å². The van der Waals surface area contributed by atoms with E-state index >= 15 is 0 Å². The summed E-state index contributed by atoms with van der Waals surface area (Å²) in [5.41, 5.74) is -0.189. The third kappa shape index (κ3) is 3.77. The van der Waals surface area contributed by atoms with Crippen molar-refractivity contribution in [2.45, 2.75) is 51.5 Å². The average Bonchev–Trinajstić information content (AvgIpc) is 2.43. The van der Waals surface area contributed by atoms with Crippen molar-refractivity contribution >= 4 is 0 Å². The predicted molar refractivity (Wildman–Crippen MR) is 78.0 cm³/mol. The van der Waals surface area contributed by atoms with Gasteiger partial charge in [0.2, 0.25) is 0 Å². The molecule has 0 spiro atoms. The molecule has 0 aromatic heterocycles. The van der Waals surface area contributed by atoms with Crippen molar-refractivity contribution < 1.29 is 13.2 Å². The highest BCUT2D eigenvalue weighted by Crippen LogP contribution is 2.33. The number of piperazine rings is 1. The van der Waals surface area contributed by atoms with Gasteiger partial charge in [-0.05, 0) is 31.9 Å². The van der Waals surface area contributed by atoms with E-state index in [2.05, 4.69) is 31.0 Å². The molecule has 21 heavy (non-hydrogen) atoms. The van der Waals surface area contributed by atoms with Crippen LogP contribution in [0.2, 0.25) is 0 Å². The van der Waals surface area contributed by atoms with Crippen LogP contribution in [0.5, 0.6) is 0 Å². The number of nitrogens with zero attached hydrogens (tertiary/aromatic N) is 1. The first-order valence-corrected chi connectivity index (χ1v) is 7.39. The van der Waals surface area contributed by atoms with E-state index < -0.39 is 11.7 Å². The minimum Gasteiger partial charge on any atom is -0.309 e. The Morgan fingerprint density at radius 1 is 1.33 bits per heavy atom. The quantitative estimate of drug-likeness (QED) is 0.916. The molecule has 1 fully saturated rings. The van der Waals surface area contributed by atoms with Gasteiger partial charge in [-0.3, -0.25) is 4.90 Å². The number of hydrogen-bond donors (Lipinski definition) is 1. The van der Waals surface area contributed by atoms with Crippen LogP contribution in [0.3, 0.4) is 0 Å². The zero-order valence-corrected chi connectivity index (χ0v) is 12.8. The van der Waals surface area contributed by atoms with Crippen LogP contribution < -0.4 is 5.32 Å². The van der Waals surface area contributed by atoms with Gasteiger partial charge in [0.25, 0.3) is 0 Å². The highest BCUT2D eigenvalue weighted by molar-refractivity contribution is 5.29. The summed E-state index contributed by atoms with van der Waals surface area (Å²) in [4.78, 5) is 2.14. The molecule has 0 saturated carbocycles. The van der Waals surface area contributed by atoms with Gasteiger partial charge in [-0.2, -0.15) is 13.2 Å². The number of rotatable bonds is 3. The topological polar surface area (TPSA) is 15.3 Å². The second-order valence-electron chi connectivity index (χ2n) is 6.20. The Labute approximate surface area is 124 Å². The summed E-state index contributed by atoms with van der Waals surface area (Å²) in [6.07, 6.45) is -3.33. The maximum absolute atomic E-state index is 13.1. The van der Waals surface area contributed by atoms with E-state index in [9.17, 15) is 13.2 Å². The van der Waals surface area contributed by atoms with Crippen molar-refractivity contribution in [3.8, 4) is 0 Å². The van der Waals surface area contributed by atoms with Crippen LogP contribution >= 0.6 is 0 Å². The molecule has 0 aliphatic carbocycles. The van der Waals surface area contributed by atoms with Crippen LogP contribution in [0.4, 0.5) is 13.2 Å². The van der Waals surface area contributed by atoms with Gasteiger partial charge in [0.05, 0.1) is 5.56 Å². The van der Waals surface area contributed by atoms with Crippen molar-refractivity contribution in [1.29, 1.82) is 0 Å². The van der Waals surface area contributed by atoms with Crippen molar-refractivity contribution in [2.24, 2.45) is 0 Å². The summed E-state index contributed by atoms with van der Waals surface area (Å²) in [5.74, 6) is 0. The lowest BCUT2D eigenvalue weighted by atomic mass is 9.93. The van der Waals surface area contributed by atoms with E-state index in [1.54, 1.807) is 12.1 Å². The summed E-state index contributed by atoms with van der Waals surface area (Å²) < 4.78 is 39.3. The van der Waals surface area contributed by atoms with Crippen molar-refractivity contribution in [1.82, 2.24) is 10.2 Å². The van der Waals surface area contributed by atoms with Gasteiger partial charge in [0.1, 0.15) is 0 Å². The molecule has 0 radical (unpaired) electrons. The number of alkyl halides is 3. The molecule has 1 heterocycles. The van der Waals surface area contributed by atoms with Gasteiger partial charge in [0, 0.05) is 31.2 Å². The van der Waals surface area contributed by atoms with Crippen LogP contribution in [0, 0.1) is 0 Å². The minimum absolute atomic E-state index is 0.0281. The lowest BCUT2D eigenvalue weighted by molar-refractivity contribution is -0.138. The Morgan fingerprint density at radius 2 is 2.00 bits per heavy atom. The Balaban J connectivity index is 2.21. The second-order valence-corrected chi connectivity index (χ2v) is 6.20. The van der Waals surface area contributed by atoms with E-state index in [1.165, 1.54) is 12.1 Å². The molecule has 118 valence electrons. The molecule has 0 amide bonds. The first-order chi connectivity index (χ1) is 9.75. The fourth-order valence-electron chi connectivity index (χ4n) is 2.79. The minimum atomic E-state index is -4.29. The summed E-state index contributed by atoms with van der Waals surface area (Å²) in [6, 6.07) is 6.10. The van der Waals surface area contributed by atoms with E-state index in [-0.39, 0.29) is 11.6 Å². The molecule has 2 atom stereocenters. The van der Waals surface area contributed by atoms with E-state index in [4.69, 9.17) is 0 Å². The smallest absolute Gasteiger partial charge is 0.309 e. The van der Waals surface area contributed by atoms with Gasteiger partial charge in [-0.15, -0.1) is 0 Å².